The van der Waals surface area contributed by atoms with E-state index in [-0.39, 0.29) is 41.0 Å². The van der Waals surface area contributed by atoms with Crippen molar-refractivity contribution in [1.29, 1.82) is 0 Å². The van der Waals surface area contributed by atoms with Crippen molar-refractivity contribution < 1.29 is 31.8 Å². The number of nitrogens with one attached hydrogen (secondary N) is 1. The summed E-state index contributed by atoms with van der Waals surface area (Å²) >= 11 is 0. The van der Waals surface area contributed by atoms with Crippen molar-refractivity contribution in [3.05, 3.63) is 47.7 Å². The van der Waals surface area contributed by atoms with Gasteiger partial charge in [0.2, 0.25) is 0 Å². The number of phenolic OH excluding ortho intramolecular Hbond substituents is 1. The molecule has 0 spiro atoms. The van der Waals surface area contributed by atoms with E-state index < -0.39 is 51.3 Å². The van der Waals surface area contributed by atoms with Crippen LogP contribution in [0.15, 0.2) is 30.5 Å². The molecule has 4 aliphatic rings. The van der Waals surface area contributed by atoms with Gasteiger partial charge in [-0.3, -0.25) is 9.88 Å². The minimum atomic E-state index is -5.01. The lowest BCUT2D eigenvalue weighted by atomic mass is 9.95. The zero-order valence-corrected chi connectivity index (χ0v) is 24.3. The summed E-state index contributed by atoms with van der Waals surface area (Å²) in [7, 11) is 0. The molecule has 0 amide bonds. The predicted molar refractivity (Wildman–Crippen MR) is 157 cm³/mol. The Morgan fingerprint density at radius 2 is 1.76 bits per heavy atom. The fourth-order valence-electron chi connectivity index (χ4n) is 8.03. The number of hydrogen-bond donors (Lipinski definition) is 2. The molecule has 2 unspecified atom stereocenters. The number of fused-ring (bicyclic) bond motifs is 5. The third-order valence-corrected chi connectivity index (χ3v) is 10.0. The van der Waals surface area contributed by atoms with Gasteiger partial charge in [0, 0.05) is 42.3 Å². The third kappa shape index (κ3) is 4.73. The number of hydrogen-bond acceptors (Lipinski definition) is 8. The van der Waals surface area contributed by atoms with Crippen LogP contribution in [0, 0.1) is 11.6 Å². The first-order valence-electron chi connectivity index (χ1n) is 15.4. The molecular formula is C32H31F5N6O2. The Bertz CT molecular complexity index is 1810. The number of benzene rings is 2. The van der Waals surface area contributed by atoms with Crippen LogP contribution in [0.25, 0.3) is 32.9 Å². The molecule has 8 nitrogen and oxygen atoms in total. The number of aromatic hydroxyl groups is 1. The second kappa shape index (κ2) is 10.3. The zero-order chi connectivity index (χ0) is 31.1. The number of ether oxygens (including phenoxy) is 1. The molecule has 13 heteroatoms. The van der Waals surface area contributed by atoms with Crippen molar-refractivity contribution in [2.24, 2.45) is 0 Å². The van der Waals surface area contributed by atoms with Crippen LogP contribution in [0.4, 0.5) is 27.8 Å². The van der Waals surface area contributed by atoms with Gasteiger partial charge in [0.1, 0.15) is 23.7 Å². The molecule has 4 saturated heterocycles. The van der Waals surface area contributed by atoms with Crippen molar-refractivity contribution in [1.82, 2.24) is 25.2 Å². The third-order valence-electron chi connectivity index (χ3n) is 10.0. The fourth-order valence-corrected chi connectivity index (χ4v) is 8.03. The van der Waals surface area contributed by atoms with E-state index in [1.54, 1.807) is 0 Å². The molecule has 2 aromatic heterocycles. The molecule has 0 saturated carbocycles. The van der Waals surface area contributed by atoms with Gasteiger partial charge in [-0.2, -0.15) is 23.1 Å². The minimum absolute atomic E-state index is 0.0274. The lowest BCUT2D eigenvalue weighted by Gasteiger charge is -2.35. The van der Waals surface area contributed by atoms with E-state index in [0.29, 0.717) is 18.9 Å². The molecule has 8 rings (SSSR count). The molecule has 0 aliphatic carbocycles. The number of halogens is 5. The standard InChI is InChI=1S/C32H31F5N6O2/c33-23-6-3-17-11-20(44)12-21(24(17)26(23)34)27-25(32(35,36)37)28-22(13-38-27)29(42-14-18-4-5-19(15-42)39-18)41-30(40-28)45-16-31-7-1-9-43(31)10-2-8-31/h3,6,11-13,18-19,39,44H,1-2,4-5,7-10,14-16H2. The van der Waals surface area contributed by atoms with Gasteiger partial charge in [-0.25, -0.2) is 8.78 Å². The maximum absolute atomic E-state index is 15.2. The molecule has 2 bridgehead atoms. The minimum Gasteiger partial charge on any atom is -0.508 e. The topological polar surface area (TPSA) is 86.6 Å². The Labute approximate surface area is 255 Å². The summed E-state index contributed by atoms with van der Waals surface area (Å²) in [5.74, 6) is -2.69. The molecule has 4 aliphatic heterocycles. The Hall–Kier alpha value is -3.84. The van der Waals surface area contributed by atoms with Gasteiger partial charge < -0.3 is 20.1 Å². The van der Waals surface area contributed by atoms with Gasteiger partial charge in [0.25, 0.3) is 0 Å². The summed E-state index contributed by atoms with van der Waals surface area (Å²) in [6.07, 6.45) is 2.07. The quantitative estimate of drug-likeness (QED) is 0.269. The average Bonchev–Trinajstić information content (AvgIpc) is 3.69. The number of piperazine rings is 1. The molecule has 6 heterocycles. The molecule has 236 valence electrons. The molecule has 45 heavy (non-hydrogen) atoms. The summed E-state index contributed by atoms with van der Waals surface area (Å²) in [5.41, 5.74) is -2.94. The predicted octanol–water partition coefficient (Wildman–Crippen LogP) is 5.80. The Morgan fingerprint density at radius 3 is 2.47 bits per heavy atom. The van der Waals surface area contributed by atoms with E-state index in [1.165, 1.54) is 12.3 Å². The van der Waals surface area contributed by atoms with Gasteiger partial charge in [-0.05, 0) is 75.2 Å². The molecule has 4 aromatic rings. The van der Waals surface area contributed by atoms with Crippen molar-refractivity contribution in [3.8, 4) is 23.0 Å². The molecular weight excluding hydrogens is 595 g/mol. The van der Waals surface area contributed by atoms with Gasteiger partial charge in [0.05, 0.1) is 22.1 Å². The second-order valence-corrected chi connectivity index (χ2v) is 12.8. The highest BCUT2D eigenvalue weighted by atomic mass is 19.4. The zero-order valence-electron chi connectivity index (χ0n) is 24.3. The number of nitrogens with zero attached hydrogens (tertiary/aromatic N) is 5. The van der Waals surface area contributed by atoms with E-state index in [4.69, 9.17) is 9.72 Å². The summed E-state index contributed by atoms with van der Waals surface area (Å²) < 4.78 is 81.3. The summed E-state index contributed by atoms with van der Waals surface area (Å²) in [6.45, 7) is 3.26. The Kier molecular flexibility index (Phi) is 6.58. The first-order chi connectivity index (χ1) is 21.6. The van der Waals surface area contributed by atoms with E-state index in [0.717, 1.165) is 69.8 Å². The largest absolute Gasteiger partial charge is 0.508 e. The van der Waals surface area contributed by atoms with Crippen LogP contribution in [0.5, 0.6) is 11.8 Å². The van der Waals surface area contributed by atoms with Crippen molar-refractivity contribution in [2.45, 2.75) is 62.3 Å². The maximum atomic E-state index is 15.2. The number of alkyl halides is 3. The van der Waals surface area contributed by atoms with Crippen LogP contribution in [0.1, 0.15) is 44.1 Å². The normalized spacial score (nSPS) is 22.9. The van der Waals surface area contributed by atoms with Gasteiger partial charge >= 0.3 is 12.2 Å². The van der Waals surface area contributed by atoms with E-state index in [1.807, 2.05) is 4.90 Å². The average molecular weight is 627 g/mol. The molecule has 4 fully saturated rings. The first-order valence-corrected chi connectivity index (χ1v) is 15.4. The highest BCUT2D eigenvalue weighted by Crippen LogP contribution is 2.46. The monoisotopic (exact) mass is 626 g/mol. The van der Waals surface area contributed by atoms with E-state index >= 15 is 17.6 Å². The Morgan fingerprint density at radius 1 is 1.02 bits per heavy atom. The van der Waals surface area contributed by atoms with Crippen LogP contribution < -0.4 is 15.0 Å². The summed E-state index contributed by atoms with van der Waals surface area (Å²) in [6, 6.07) is 4.37. The van der Waals surface area contributed by atoms with Crippen molar-refractivity contribution >= 4 is 27.5 Å². The SMILES string of the molecule is Oc1cc(-c2ncc3c(N4CC5CCC(C4)N5)nc(OCC45CCCN4CCC5)nc3c2C(F)(F)F)c2c(F)c(F)ccc2c1. The number of anilines is 1. The first kappa shape index (κ1) is 28.6. The van der Waals surface area contributed by atoms with Crippen molar-refractivity contribution in [2.75, 3.05) is 37.7 Å². The lowest BCUT2D eigenvalue weighted by molar-refractivity contribution is -0.136. The van der Waals surface area contributed by atoms with E-state index in [9.17, 15) is 9.50 Å². The molecule has 2 atom stereocenters. The number of aromatic nitrogens is 3. The lowest BCUT2D eigenvalue weighted by Crippen LogP contribution is -2.51. The highest BCUT2D eigenvalue weighted by Gasteiger charge is 2.45. The van der Waals surface area contributed by atoms with Crippen LogP contribution in [0.3, 0.4) is 0 Å². The Balaban J connectivity index is 1.34. The second-order valence-electron chi connectivity index (χ2n) is 12.8. The number of pyridine rings is 1. The fraction of sp³-hybridized carbons (Fsp3) is 0.469. The van der Waals surface area contributed by atoms with Crippen LogP contribution in [-0.2, 0) is 6.18 Å². The number of phenols is 1. The molecule has 2 aromatic carbocycles. The van der Waals surface area contributed by atoms with E-state index in [2.05, 4.69) is 20.2 Å². The smallest absolute Gasteiger partial charge is 0.420 e. The summed E-state index contributed by atoms with van der Waals surface area (Å²) in [5, 5.41) is 13.6. The summed E-state index contributed by atoms with van der Waals surface area (Å²) in [4.78, 5) is 17.6. The van der Waals surface area contributed by atoms with Crippen LogP contribution in [0.2, 0.25) is 0 Å². The van der Waals surface area contributed by atoms with Gasteiger partial charge in [0.15, 0.2) is 11.6 Å². The van der Waals surface area contributed by atoms with Crippen LogP contribution >= 0.6 is 0 Å². The van der Waals surface area contributed by atoms with Gasteiger partial charge in [-0.15, -0.1) is 0 Å². The number of rotatable bonds is 5. The highest BCUT2D eigenvalue weighted by molar-refractivity contribution is 6.02. The van der Waals surface area contributed by atoms with Gasteiger partial charge in [-0.1, -0.05) is 6.07 Å². The van der Waals surface area contributed by atoms with Crippen molar-refractivity contribution in [3.63, 3.8) is 0 Å². The maximum Gasteiger partial charge on any atom is 0.420 e. The molecule has 0 radical (unpaired) electrons. The molecule has 2 N–H and O–H groups in total. The van der Waals surface area contributed by atoms with Crippen LogP contribution in [-0.4, -0.2) is 75.4 Å².